The van der Waals surface area contributed by atoms with Crippen molar-refractivity contribution in [3.05, 3.63) is 28.3 Å². The fourth-order valence-corrected chi connectivity index (χ4v) is 3.76. The van der Waals surface area contributed by atoms with Crippen LogP contribution in [-0.4, -0.2) is 20.9 Å². The third-order valence-electron chi connectivity index (χ3n) is 3.82. The first-order valence-electron chi connectivity index (χ1n) is 6.90. The molecule has 0 radical (unpaired) electrons. The summed E-state index contributed by atoms with van der Waals surface area (Å²) in [5, 5.41) is 8.03. The summed E-state index contributed by atoms with van der Waals surface area (Å²) in [5.41, 5.74) is 0.771. The minimum atomic E-state index is -3.95. The lowest BCUT2D eigenvalue weighted by Crippen LogP contribution is -2.28. The van der Waals surface area contributed by atoms with Crippen LogP contribution >= 0.6 is 11.6 Å². The average Bonchev–Trinajstić information content (AvgIpc) is 2.90. The Bertz CT molecular complexity index is 652. The maximum Gasteiger partial charge on any atom is 0.251 e. The molecule has 0 aromatic heterocycles. The number of nitrogens with one attached hydrogen (secondary N) is 1. The molecule has 21 heavy (non-hydrogen) atoms. The molecule has 0 aliphatic heterocycles. The molecule has 116 valence electrons. The lowest BCUT2D eigenvalue weighted by atomic mass is 10.1. The van der Waals surface area contributed by atoms with Gasteiger partial charge in [-0.15, -0.1) is 0 Å². The first kappa shape index (κ1) is 16.3. The highest BCUT2D eigenvalue weighted by Gasteiger charge is 2.20. The quantitative estimate of drug-likeness (QED) is 0.887. The molecule has 0 bridgehead atoms. The molecule has 1 fully saturated rings. The Kier molecular flexibility index (Phi) is 4.91. The summed E-state index contributed by atoms with van der Waals surface area (Å²) in [5.74, 6) is 0.214. The van der Waals surface area contributed by atoms with Gasteiger partial charge < -0.3 is 5.32 Å². The normalized spacial score (nSPS) is 16.1. The van der Waals surface area contributed by atoms with E-state index in [0.717, 1.165) is 12.8 Å². The topological polar surface area (TPSA) is 89.3 Å². The molecule has 0 atom stereocenters. The van der Waals surface area contributed by atoms with Crippen LogP contribution in [-0.2, 0) is 10.0 Å². The summed E-state index contributed by atoms with van der Waals surface area (Å²) >= 11 is 5.94. The van der Waals surface area contributed by atoms with E-state index in [0.29, 0.717) is 18.0 Å². The number of hydrogen-bond acceptors (Lipinski definition) is 3. The molecule has 0 heterocycles. The Morgan fingerprint density at radius 3 is 2.57 bits per heavy atom. The predicted octanol–water partition coefficient (Wildman–Crippen LogP) is 2.22. The largest absolute Gasteiger partial charge is 0.352 e. The zero-order valence-corrected chi connectivity index (χ0v) is 13.4. The molecule has 1 aromatic carbocycles. The Morgan fingerprint density at radius 2 is 2.00 bits per heavy atom. The molecule has 2 rings (SSSR count). The zero-order chi connectivity index (χ0) is 15.6. The van der Waals surface area contributed by atoms with Crippen molar-refractivity contribution in [3.63, 3.8) is 0 Å². The molecule has 1 saturated carbocycles. The Morgan fingerprint density at radius 1 is 1.38 bits per heavy atom. The highest BCUT2D eigenvalue weighted by molar-refractivity contribution is 7.89. The number of sulfonamides is 1. The fourth-order valence-electron chi connectivity index (χ4n) is 2.63. The van der Waals surface area contributed by atoms with Crippen LogP contribution in [0.15, 0.2) is 17.0 Å². The SMILES string of the molecule is Cc1cc(C(=O)NCC2CCCC2)cc(S(N)(=O)=O)c1Cl. The van der Waals surface area contributed by atoms with E-state index < -0.39 is 10.0 Å². The van der Waals surface area contributed by atoms with Crippen LogP contribution in [0.2, 0.25) is 5.02 Å². The summed E-state index contributed by atoms with van der Waals surface area (Å²) in [4.78, 5) is 11.9. The van der Waals surface area contributed by atoms with E-state index in [4.69, 9.17) is 16.7 Å². The Hall–Kier alpha value is -1.11. The van der Waals surface area contributed by atoms with Crippen LogP contribution in [0.25, 0.3) is 0 Å². The van der Waals surface area contributed by atoms with E-state index in [-0.39, 0.29) is 21.4 Å². The van der Waals surface area contributed by atoms with Gasteiger partial charge in [-0.25, -0.2) is 13.6 Å². The van der Waals surface area contributed by atoms with E-state index in [2.05, 4.69) is 5.32 Å². The second-order valence-electron chi connectivity index (χ2n) is 5.51. The number of amides is 1. The molecule has 1 aliphatic rings. The predicted molar refractivity (Wildman–Crippen MR) is 81.9 cm³/mol. The molecule has 0 saturated heterocycles. The van der Waals surface area contributed by atoms with E-state index in [1.54, 1.807) is 13.0 Å². The van der Waals surface area contributed by atoms with Gasteiger partial charge in [-0.1, -0.05) is 24.4 Å². The van der Waals surface area contributed by atoms with Crippen LogP contribution in [0.4, 0.5) is 0 Å². The van der Waals surface area contributed by atoms with Crippen molar-refractivity contribution in [1.82, 2.24) is 5.32 Å². The standard InChI is InChI=1S/C14H19ClN2O3S/c1-9-6-11(7-12(13(9)15)21(16,19)20)14(18)17-8-10-4-2-3-5-10/h6-7,10H,2-5,8H2,1H3,(H,17,18)(H2,16,19,20). The Labute approximate surface area is 129 Å². The van der Waals surface area contributed by atoms with E-state index in [9.17, 15) is 13.2 Å². The molecule has 0 unspecified atom stereocenters. The van der Waals surface area contributed by atoms with Crippen LogP contribution in [0.5, 0.6) is 0 Å². The van der Waals surface area contributed by atoms with Gasteiger partial charge in [-0.2, -0.15) is 0 Å². The zero-order valence-electron chi connectivity index (χ0n) is 11.9. The van der Waals surface area contributed by atoms with Crippen molar-refractivity contribution in [2.45, 2.75) is 37.5 Å². The summed E-state index contributed by atoms with van der Waals surface area (Å²) in [7, 11) is -3.95. The number of halogens is 1. The number of carbonyl (C=O) groups excluding carboxylic acids is 1. The van der Waals surface area contributed by atoms with Gasteiger partial charge in [-0.3, -0.25) is 4.79 Å². The highest BCUT2D eigenvalue weighted by atomic mass is 35.5. The first-order chi connectivity index (χ1) is 9.79. The van der Waals surface area contributed by atoms with E-state index in [1.807, 2.05) is 0 Å². The lowest BCUT2D eigenvalue weighted by Gasteiger charge is -2.12. The van der Waals surface area contributed by atoms with Gasteiger partial charge in [0.15, 0.2) is 0 Å². The maximum absolute atomic E-state index is 12.2. The van der Waals surface area contributed by atoms with Gasteiger partial charge in [0.05, 0.1) is 5.02 Å². The molecule has 3 N–H and O–H groups in total. The van der Waals surface area contributed by atoms with E-state index >= 15 is 0 Å². The number of primary sulfonamides is 1. The molecule has 7 heteroatoms. The minimum absolute atomic E-state index is 0.0600. The number of carbonyl (C=O) groups is 1. The number of nitrogens with two attached hydrogens (primary N) is 1. The summed E-state index contributed by atoms with van der Waals surface area (Å²) < 4.78 is 23.0. The monoisotopic (exact) mass is 330 g/mol. The number of rotatable bonds is 4. The second-order valence-corrected chi connectivity index (χ2v) is 7.42. The lowest BCUT2D eigenvalue weighted by molar-refractivity contribution is 0.0947. The molecule has 0 spiro atoms. The maximum atomic E-state index is 12.2. The fraction of sp³-hybridized carbons (Fsp3) is 0.500. The summed E-state index contributed by atoms with van der Waals surface area (Å²) in [6.45, 7) is 2.26. The number of benzene rings is 1. The average molecular weight is 331 g/mol. The van der Waals surface area contributed by atoms with Crippen LogP contribution < -0.4 is 10.5 Å². The van der Waals surface area contributed by atoms with Gasteiger partial charge in [0, 0.05) is 12.1 Å². The van der Waals surface area contributed by atoms with Gasteiger partial charge >= 0.3 is 0 Å². The molecular weight excluding hydrogens is 312 g/mol. The molecule has 1 aliphatic carbocycles. The van der Waals surface area contributed by atoms with Crippen molar-refractivity contribution in [2.75, 3.05) is 6.54 Å². The summed E-state index contributed by atoms with van der Waals surface area (Å²) in [6.07, 6.45) is 4.66. The van der Waals surface area contributed by atoms with Gasteiger partial charge in [0.2, 0.25) is 10.0 Å². The second kappa shape index (κ2) is 6.34. The van der Waals surface area contributed by atoms with Crippen molar-refractivity contribution < 1.29 is 13.2 Å². The first-order valence-corrected chi connectivity index (χ1v) is 8.82. The van der Waals surface area contributed by atoms with Gasteiger partial charge in [0.25, 0.3) is 5.91 Å². The number of hydrogen-bond donors (Lipinski definition) is 2. The Balaban J connectivity index is 2.19. The van der Waals surface area contributed by atoms with Crippen LogP contribution in [0.1, 0.15) is 41.6 Å². The van der Waals surface area contributed by atoms with Crippen LogP contribution in [0.3, 0.4) is 0 Å². The third-order valence-corrected chi connectivity index (χ3v) is 5.36. The molecule has 1 amide bonds. The van der Waals surface area contributed by atoms with Crippen molar-refractivity contribution in [3.8, 4) is 0 Å². The molecular formula is C14H19ClN2O3S. The van der Waals surface area contributed by atoms with Gasteiger partial charge in [0.1, 0.15) is 4.90 Å². The van der Waals surface area contributed by atoms with Crippen molar-refractivity contribution in [1.29, 1.82) is 0 Å². The van der Waals surface area contributed by atoms with E-state index in [1.165, 1.54) is 18.9 Å². The van der Waals surface area contributed by atoms with Crippen molar-refractivity contribution >= 4 is 27.5 Å². The number of aryl methyl sites for hydroxylation is 1. The van der Waals surface area contributed by atoms with Crippen molar-refractivity contribution in [2.24, 2.45) is 11.1 Å². The third kappa shape index (κ3) is 3.96. The van der Waals surface area contributed by atoms with Gasteiger partial charge in [-0.05, 0) is 43.4 Å². The smallest absolute Gasteiger partial charge is 0.251 e. The molecule has 1 aromatic rings. The van der Waals surface area contributed by atoms with Crippen LogP contribution in [0, 0.1) is 12.8 Å². The minimum Gasteiger partial charge on any atom is -0.352 e. The summed E-state index contributed by atoms with van der Waals surface area (Å²) in [6, 6.07) is 2.80. The molecule has 5 nitrogen and oxygen atoms in total. The highest BCUT2D eigenvalue weighted by Crippen LogP contribution is 2.26.